The molecule has 118 valence electrons. The molecule has 2 heterocycles. The maximum Gasteiger partial charge on any atom is 0.251 e. The van der Waals surface area contributed by atoms with Gasteiger partial charge in [0, 0.05) is 17.7 Å². The highest BCUT2D eigenvalue weighted by Crippen LogP contribution is 2.26. The molecule has 22 heavy (non-hydrogen) atoms. The third kappa shape index (κ3) is 2.99. The molecule has 0 radical (unpaired) electrons. The summed E-state index contributed by atoms with van der Waals surface area (Å²) < 4.78 is 23.2. The Morgan fingerprint density at radius 1 is 1.32 bits per heavy atom. The smallest absolute Gasteiger partial charge is 0.251 e. The van der Waals surface area contributed by atoms with Gasteiger partial charge in [-0.15, -0.1) is 0 Å². The van der Waals surface area contributed by atoms with E-state index in [1.807, 2.05) is 0 Å². The van der Waals surface area contributed by atoms with Crippen LogP contribution in [-0.2, 0) is 21.1 Å². The van der Waals surface area contributed by atoms with Crippen LogP contribution in [-0.4, -0.2) is 37.3 Å². The second-order valence-corrected chi connectivity index (χ2v) is 8.46. The van der Waals surface area contributed by atoms with Crippen LogP contribution in [0.3, 0.4) is 0 Å². The average molecular weight is 322 g/mol. The Hall–Kier alpha value is -1.89. The van der Waals surface area contributed by atoms with Crippen molar-refractivity contribution in [1.82, 2.24) is 5.32 Å². The van der Waals surface area contributed by atoms with Gasteiger partial charge >= 0.3 is 0 Å². The molecule has 1 fully saturated rings. The predicted molar refractivity (Wildman–Crippen MR) is 82.5 cm³/mol. The van der Waals surface area contributed by atoms with Crippen LogP contribution in [0.1, 0.15) is 35.7 Å². The van der Waals surface area contributed by atoms with Gasteiger partial charge in [-0.3, -0.25) is 9.59 Å². The molecule has 1 saturated heterocycles. The minimum atomic E-state index is -3.06. The molecule has 0 spiro atoms. The molecule has 0 aromatic heterocycles. The standard InChI is InChI=1S/C15H18N2O4S/c1-15(6-7-22(20,21)9-15)17-14(19)11-2-4-12-10(8-11)3-5-13(18)16-12/h2,4,8H,3,5-7,9H2,1H3,(H,16,18)(H,17,19)/t15-/m1/s1. The molecule has 1 atom stereocenters. The highest BCUT2D eigenvalue weighted by atomic mass is 32.2. The number of benzene rings is 1. The number of hydrogen-bond donors (Lipinski definition) is 2. The predicted octanol–water partition coefficient (Wildman–Crippen LogP) is 0.878. The molecule has 0 bridgehead atoms. The number of rotatable bonds is 2. The monoisotopic (exact) mass is 322 g/mol. The number of carbonyl (C=O) groups is 2. The Morgan fingerprint density at radius 2 is 2.09 bits per heavy atom. The molecule has 2 aliphatic heterocycles. The van der Waals surface area contributed by atoms with Crippen molar-refractivity contribution in [3.63, 3.8) is 0 Å². The lowest BCUT2D eigenvalue weighted by atomic mass is 9.98. The van der Waals surface area contributed by atoms with E-state index in [4.69, 9.17) is 0 Å². The van der Waals surface area contributed by atoms with Gasteiger partial charge in [0.25, 0.3) is 5.91 Å². The fourth-order valence-electron chi connectivity index (χ4n) is 2.98. The number of fused-ring (bicyclic) bond motifs is 1. The third-order valence-electron chi connectivity index (χ3n) is 4.18. The van der Waals surface area contributed by atoms with Gasteiger partial charge < -0.3 is 10.6 Å². The summed E-state index contributed by atoms with van der Waals surface area (Å²) in [6.45, 7) is 1.76. The second kappa shape index (κ2) is 5.08. The summed E-state index contributed by atoms with van der Waals surface area (Å²) in [7, 11) is -3.06. The van der Waals surface area contributed by atoms with Crippen molar-refractivity contribution < 1.29 is 18.0 Å². The first kappa shape index (κ1) is 15.0. The van der Waals surface area contributed by atoms with E-state index >= 15 is 0 Å². The van der Waals surface area contributed by atoms with E-state index in [1.165, 1.54) is 0 Å². The van der Waals surface area contributed by atoms with Crippen molar-refractivity contribution >= 4 is 27.3 Å². The van der Waals surface area contributed by atoms with Crippen molar-refractivity contribution in [3.8, 4) is 0 Å². The molecule has 2 N–H and O–H groups in total. The van der Waals surface area contributed by atoms with Crippen LogP contribution in [0, 0.1) is 0 Å². The van der Waals surface area contributed by atoms with Crippen LogP contribution >= 0.6 is 0 Å². The van der Waals surface area contributed by atoms with Gasteiger partial charge in [-0.2, -0.15) is 0 Å². The maximum absolute atomic E-state index is 12.4. The zero-order chi connectivity index (χ0) is 16.0. The van der Waals surface area contributed by atoms with Gasteiger partial charge in [0.2, 0.25) is 5.91 Å². The molecular weight excluding hydrogens is 304 g/mol. The van der Waals surface area contributed by atoms with E-state index in [-0.39, 0.29) is 23.3 Å². The summed E-state index contributed by atoms with van der Waals surface area (Å²) in [6, 6.07) is 5.12. The Labute approximate surface area is 129 Å². The molecule has 2 amide bonds. The Bertz CT molecular complexity index is 757. The van der Waals surface area contributed by atoms with Crippen molar-refractivity contribution in [1.29, 1.82) is 0 Å². The van der Waals surface area contributed by atoms with E-state index in [9.17, 15) is 18.0 Å². The van der Waals surface area contributed by atoms with Crippen LogP contribution < -0.4 is 10.6 Å². The van der Waals surface area contributed by atoms with Crippen LogP contribution in [0.4, 0.5) is 5.69 Å². The Morgan fingerprint density at radius 3 is 2.77 bits per heavy atom. The molecule has 0 saturated carbocycles. The largest absolute Gasteiger partial charge is 0.346 e. The summed E-state index contributed by atoms with van der Waals surface area (Å²) >= 11 is 0. The van der Waals surface area contributed by atoms with Crippen LogP contribution in [0.5, 0.6) is 0 Å². The van der Waals surface area contributed by atoms with E-state index in [0.29, 0.717) is 24.8 Å². The molecule has 0 aliphatic carbocycles. The fraction of sp³-hybridized carbons (Fsp3) is 0.467. The lowest BCUT2D eigenvalue weighted by molar-refractivity contribution is -0.116. The van der Waals surface area contributed by atoms with Crippen LogP contribution in [0.2, 0.25) is 0 Å². The van der Waals surface area contributed by atoms with Crippen molar-refractivity contribution in [2.24, 2.45) is 0 Å². The van der Waals surface area contributed by atoms with E-state index in [0.717, 1.165) is 11.3 Å². The highest BCUT2D eigenvalue weighted by molar-refractivity contribution is 7.91. The third-order valence-corrected chi connectivity index (χ3v) is 6.08. The van der Waals surface area contributed by atoms with Crippen LogP contribution in [0.25, 0.3) is 0 Å². The number of hydrogen-bond acceptors (Lipinski definition) is 4. The minimum absolute atomic E-state index is 0.0200. The quantitative estimate of drug-likeness (QED) is 0.845. The van der Waals surface area contributed by atoms with Gasteiger partial charge in [-0.25, -0.2) is 8.42 Å². The molecule has 6 nitrogen and oxygen atoms in total. The molecule has 1 aromatic rings. The number of amides is 2. The Balaban J connectivity index is 1.77. The SMILES string of the molecule is C[C@@]1(NC(=O)c2ccc3c(c2)CCC(=O)N3)CCS(=O)(=O)C1. The molecule has 7 heteroatoms. The zero-order valence-electron chi connectivity index (χ0n) is 12.3. The van der Waals surface area contributed by atoms with Gasteiger partial charge in [0.15, 0.2) is 9.84 Å². The summed E-state index contributed by atoms with van der Waals surface area (Å²) in [6.07, 6.45) is 1.45. The lowest BCUT2D eigenvalue weighted by Crippen LogP contribution is -2.46. The van der Waals surface area contributed by atoms with Gasteiger partial charge in [-0.1, -0.05) is 0 Å². The maximum atomic E-state index is 12.4. The number of carbonyl (C=O) groups excluding carboxylic acids is 2. The van der Waals surface area contributed by atoms with Crippen molar-refractivity contribution in [2.45, 2.75) is 31.7 Å². The first-order chi connectivity index (χ1) is 10.3. The molecule has 0 unspecified atom stereocenters. The number of sulfone groups is 1. The second-order valence-electron chi connectivity index (χ2n) is 6.28. The highest BCUT2D eigenvalue weighted by Gasteiger charge is 2.39. The average Bonchev–Trinajstić information content (AvgIpc) is 2.71. The van der Waals surface area contributed by atoms with Crippen molar-refractivity contribution in [2.75, 3.05) is 16.8 Å². The fourth-order valence-corrected chi connectivity index (χ4v) is 5.07. The Kier molecular flexibility index (Phi) is 3.47. The molecule has 2 aliphatic rings. The van der Waals surface area contributed by atoms with Crippen molar-refractivity contribution in [3.05, 3.63) is 29.3 Å². The van der Waals surface area contributed by atoms with E-state index in [1.54, 1.807) is 25.1 Å². The normalized spacial score (nSPS) is 26.1. The lowest BCUT2D eigenvalue weighted by Gasteiger charge is -2.24. The summed E-state index contributed by atoms with van der Waals surface area (Å²) in [5.41, 5.74) is 1.44. The van der Waals surface area contributed by atoms with Gasteiger partial charge in [0.05, 0.1) is 17.0 Å². The summed E-state index contributed by atoms with van der Waals surface area (Å²) in [5, 5.41) is 5.60. The molecule has 3 rings (SSSR count). The summed E-state index contributed by atoms with van der Waals surface area (Å²) in [5.74, 6) is -0.208. The first-order valence-corrected chi connectivity index (χ1v) is 9.04. The van der Waals surface area contributed by atoms with Gasteiger partial charge in [0.1, 0.15) is 0 Å². The topological polar surface area (TPSA) is 92.3 Å². The zero-order valence-corrected chi connectivity index (χ0v) is 13.1. The van der Waals surface area contributed by atoms with E-state index < -0.39 is 15.4 Å². The van der Waals surface area contributed by atoms with Gasteiger partial charge in [-0.05, 0) is 43.5 Å². The van der Waals surface area contributed by atoms with Crippen LogP contribution in [0.15, 0.2) is 18.2 Å². The minimum Gasteiger partial charge on any atom is -0.346 e. The number of anilines is 1. The number of nitrogens with one attached hydrogen (secondary N) is 2. The molecular formula is C15H18N2O4S. The number of aryl methyl sites for hydroxylation is 1. The first-order valence-electron chi connectivity index (χ1n) is 7.22. The summed E-state index contributed by atoms with van der Waals surface area (Å²) in [4.78, 5) is 23.7. The molecule has 1 aromatic carbocycles. The van der Waals surface area contributed by atoms with E-state index in [2.05, 4.69) is 10.6 Å².